The third-order valence-corrected chi connectivity index (χ3v) is 4.81. The van der Waals surface area contributed by atoms with Crippen LogP contribution < -0.4 is 4.74 Å². The molecule has 2 heterocycles. The first-order chi connectivity index (χ1) is 13.4. The molecule has 2 aromatic carbocycles. The summed E-state index contributed by atoms with van der Waals surface area (Å²) in [7, 11) is 1.95. The zero-order valence-corrected chi connectivity index (χ0v) is 15.3. The topological polar surface area (TPSA) is 39.5 Å². The maximum atomic E-state index is 12.4. The summed E-state index contributed by atoms with van der Waals surface area (Å²) in [6.07, 6.45) is -3.01. The Morgan fingerprint density at radius 3 is 2.89 bits per heavy atom. The zero-order valence-electron chi connectivity index (χ0n) is 15.3. The number of halogens is 3. The van der Waals surface area contributed by atoms with Gasteiger partial charge in [0.05, 0.1) is 30.1 Å². The second-order valence-corrected chi connectivity index (χ2v) is 6.89. The molecule has 3 aromatic rings. The Morgan fingerprint density at radius 2 is 2.07 bits per heavy atom. The minimum Gasteiger partial charge on any atom is -0.406 e. The summed E-state index contributed by atoms with van der Waals surface area (Å²) in [5.41, 5.74) is 3.80. The lowest BCUT2D eigenvalue weighted by Gasteiger charge is -2.33. The van der Waals surface area contributed by atoms with E-state index in [-0.39, 0.29) is 11.9 Å². The average Bonchev–Trinajstić information content (AvgIpc) is 3.01. The van der Waals surface area contributed by atoms with Gasteiger partial charge >= 0.3 is 6.36 Å². The Morgan fingerprint density at radius 1 is 1.21 bits per heavy atom. The highest BCUT2D eigenvalue weighted by Crippen LogP contribution is 2.27. The second-order valence-electron chi connectivity index (χ2n) is 6.89. The molecule has 0 spiro atoms. The molecule has 148 valence electrons. The van der Waals surface area contributed by atoms with Gasteiger partial charge in [0.25, 0.3) is 0 Å². The van der Waals surface area contributed by atoms with Crippen molar-refractivity contribution < 1.29 is 22.6 Å². The Labute approximate surface area is 160 Å². The molecular formula is C20H20F3N3O2. The van der Waals surface area contributed by atoms with E-state index >= 15 is 0 Å². The van der Waals surface area contributed by atoms with Gasteiger partial charge in [0.2, 0.25) is 0 Å². The number of morpholine rings is 1. The van der Waals surface area contributed by atoms with Crippen LogP contribution in [-0.2, 0) is 18.3 Å². The summed E-state index contributed by atoms with van der Waals surface area (Å²) < 4.78 is 49.2. The van der Waals surface area contributed by atoms with Gasteiger partial charge in [-0.25, -0.2) is 4.98 Å². The molecule has 4 rings (SSSR count). The molecular weight excluding hydrogens is 371 g/mol. The minimum atomic E-state index is -4.69. The Bertz CT molecular complexity index is 971. The van der Waals surface area contributed by atoms with Gasteiger partial charge in [-0.3, -0.25) is 4.90 Å². The largest absolute Gasteiger partial charge is 0.573 e. The smallest absolute Gasteiger partial charge is 0.406 e. The molecule has 5 nitrogen and oxygen atoms in total. The van der Waals surface area contributed by atoms with Crippen molar-refractivity contribution >= 4 is 11.0 Å². The van der Waals surface area contributed by atoms with Gasteiger partial charge in [-0.1, -0.05) is 18.2 Å². The van der Waals surface area contributed by atoms with Crippen LogP contribution in [-0.4, -0.2) is 40.5 Å². The second kappa shape index (κ2) is 7.44. The Hall–Kier alpha value is -2.58. The summed E-state index contributed by atoms with van der Waals surface area (Å²) in [5, 5.41) is 0. The molecule has 1 atom stereocenters. The molecule has 1 aromatic heterocycles. The summed E-state index contributed by atoms with van der Waals surface area (Å²) in [5.74, 6) is -0.198. The first kappa shape index (κ1) is 18.8. The molecule has 0 saturated carbocycles. The van der Waals surface area contributed by atoms with Crippen LogP contribution in [0.1, 0.15) is 17.2 Å². The van der Waals surface area contributed by atoms with Gasteiger partial charge in [-0.15, -0.1) is 13.2 Å². The van der Waals surface area contributed by atoms with Crippen molar-refractivity contribution in [2.75, 3.05) is 19.7 Å². The normalized spacial score (nSPS) is 18.5. The quantitative estimate of drug-likeness (QED) is 0.673. The number of hydrogen-bond donors (Lipinski definition) is 0. The number of aromatic nitrogens is 2. The van der Waals surface area contributed by atoms with E-state index in [0.717, 1.165) is 28.7 Å². The van der Waals surface area contributed by atoms with Gasteiger partial charge in [0.1, 0.15) is 5.75 Å². The summed E-state index contributed by atoms with van der Waals surface area (Å²) in [4.78, 5) is 6.50. The number of imidazole rings is 1. The van der Waals surface area contributed by atoms with Crippen molar-refractivity contribution in [1.82, 2.24) is 14.5 Å². The fourth-order valence-corrected chi connectivity index (χ4v) is 3.49. The third-order valence-electron chi connectivity index (χ3n) is 4.81. The fourth-order valence-electron chi connectivity index (χ4n) is 3.49. The molecule has 0 bridgehead atoms. The number of aryl methyl sites for hydroxylation is 1. The van der Waals surface area contributed by atoms with Crippen molar-refractivity contribution in [2.24, 2.45) is 7.05 Å². The lowest BCUT2D eigenvalue weighted by molar-refractivity contribution is -0.274. The first-order valence-electron chi connectivity index (χ1n) is 8.97. The molecule has 1 fully saturated rings. The molecule has 0 aliphatic carbocycles. The molecule has 0 amide bonds. The Kier molecular flexibility index (Phi) is 4.99. The van der Waals surface area contributed by atoms with E-state index in [9.17, 15) is 13.2 Å². The number of nitrogens with zero attached hydrogens (tertiary/aromatic N) is 3. The molecule has 1 unspecified atom stereocenters. The van der Waals surface area contributed by atoms with Gasteiger partial charge in [0, 0.05) is 26.7 Å². The van der Waals surface area contributed by atoms with Crippen LogP contribution in [0.15, 0.2) is 48.8 Å². The van der Waals surface area contributed by atoms with Gasteiger partial charge in [0.15, 0.2) is 0 Å². The number of rotatable bonds is 4. The minimum absolute atomic E-state index is 0.0948. The highest BCUT2D eigenvalue weighted by Gasteiger charge is 2.31. The fraction of sp³-hybridized carbons (Fsp3) is 0.350. The number of hydrogen-bond acceptors (Lipinski definition) is 4. The molecule has 0 radical (unpaired) electrons. The SMILES string of the molecule is Cn1cnc2ccc(C3CN(Cc4cccc(OC(F)(F)F)c4)CCO3)cc21. The van der Waals surface area contributed by atoms with E-state index < -0.39 is 6.36 Å². The number of ether oxygens (including phenoxy) is 2. The van der Waals surface area contributed by atoms with Crippen molar-refractivity contribution in [3.63, 3.8) is 0 Å². The lowest BCUT2D eigenvalue weighted by atomic mass is 10.1. The van der Waals surface area contributed by atoms with E-state index in [0.29, 0.717) is 19.7 Å². The average molecular weight is 391 g/mol. The molecule has 1 aliphatic rings. The van der Waals surface area contributed by atoms with Gasteiger partial charge in [-0.05, 0) is 35.4 Å². The molecule has 0 N–H and O–H groups in total. The van der Waals surface area contributed by atoms with Crippen molar-refractivity contribution in [1.29, 1.82) is 0 Å². The predicted octanol–water partition coefficient (Wildman–Crippen LogP) is 4.05. The molecule has 1 saturated heterocycles. The van der Waals surface area contributed by atoms with E-state index in [1.54, 1.807) is 18.5 Å². The third kappa shape index (κ3) is 4.28. The maximum Gasteiger partial charge on any atom is 0.573 e. The molecule has 8 heteroatoms. The van der Waals surface area contributed by atoms with Crippen LogP contribution in [0.2, 0.25) is 0 Å². The monoisotopic (exact) mass is 391 g/mol. The van der Waals surface area contributed by atoms with E-state index in [1.807, 2.05) is 23.7 Å². The van der Waals surface area contributed by atoms with Crippen LogP contribution in [0.4, 0.5) is 13.2 Å². The predicted molar refractivity (Wildman–Crippen MR) is 97.8 cm³/mol. The highest BCUT2D eigenvalue weighted by atomic mass is 19.4. The molecule has 1 aliphatic heterocycles. The van der Waals surface area contributed by atoms with Gasteiger partial charge in [-0.2, -0.15) is 0 Å². The highest BCUT2D eigenvalue weighted by molar-refractivity contribution is 5.76. The van der Waals surface area contributed by atoms with Crippen molar-refractivity contribution in [3.8, 4) is 5.75 Å². The molecule has 28 heavy (non-hydrogen) atoms. The maximum absolute atomic E-state index is 12.4. The van der Waals surface area contributed by atoms with Crippen LogP contribution in [0.5, 0.6) is 5.75 Å². The van der Waals surface area contributed by atoms with Crippen LogP contribution in [0.3, 0.4) is 0 Å². The van der Waals surface area contributed by atoms with Crippen LogP contribution in [0.25, 0.3) is 11.0 Å². The van der Waals surface area contributed by atoms with Gasteiger partial charge < -0.3 is 14.0 Å². The van der Waals surface area contributed by atoms with E-state index in [1.165, 1.54) is 12.1 Å². The standard InChI is InChI=1S/C20H20F3N3O2/c1-25-13-24-17-6-5-15(10-18(17)25)19-12-26(7-8-27-19)11-14-3-2-4-16(9-14)28-20(21,22)23/h2-6,9-10,13,19H,7-8,11-12H2,1H3. The lowest BCUT2D eigenvalue weighted by Crippen LogP contribution is -2.37. The van der Waals surface area contributed by atoms with E-state index in [4.69, 9.17) is 4.74 Å². The number of alkyl halides is 3. The van der Waals surface area contributed by atoms with Crippen molar-refractivity contribution in [2.45, 2.75) is 19.0 Å². The number of fused-ring (bicyclic) bond motifs is 1. The van der Waals surface area contributed by atoms with Crippen LogP contribution in [0, 0.1) is 0 Å². The summed E-state index contributed by atoms with van der Waals surface area (Å²) in [6.45, 7) is 2.47. The zero-order chi connectivity index (χ0) is 19.7. The summed E-state index contributed by atoms with van der Waals surface area (Å²) in [6, 6.07) is 12.2. The summed E-state index contributed by atoms with van der Waals surface area (Å²) >= 11 is 0. The van der Waals surface area contributed by atoms with E-state index in [2.05, 4.69) is 20.7 Å². The Balaban J connectivity index is 1.46. The number of benzene rings is 2. The van der Waals surface area contributed by atoms with Crippen molar-refractivity contribution in [3.05, 3.63) is 59.9 Å². The first-order valence-corrected chi connectivity index (χ1v) is 8.97. The van der Waals surface area contributed by atoms with Crippen LogP contribution >= 0.6 is 0 Å².